The van der Waals surface area contributed by atoms with Gasteiger partial charge in [0.05, 0.1) is 11.7 Å². The van der Waals surface area contributed by atoms with Gasteiger partial charge in [0.25, 0.3) is 5.91 Å². The van der Waals surface area contributed by atoms with Gasteiger partial charge < -0.3 is 19.6 Å². The van der Waals surface area contributed by atoms with Gasteiger partial charge >= 0.3 is 0 Å². The lowest BCUT2D eigenvalue weighted by Gasteiger charge is -2.57. The van der Waals surface area contributed by atoms with E-state index < -0.39 is 11.0 Å². The second-order valence-corrected chi connectivity index (χ2v) is 6.73. The number of carbonyl (C=O) groups excluding carboxylic acids is 1. The fourth-order valence-corrected chi connectivity index (χ4v) is 3.17. The Balaban J connectivity index is 1.65. The number of ether oxygens (including phenoxy) is 1. The summed E-state index contributed by atoms with van der Waals surface area (Å²) in [6, 6.07) is 9.18. The van der Waals surface area contributed by atoms with E-state index in [2.05, 4.69) is 5.32 Å². The maximum absolute atomic E-state index is 12.3. The predicted octanol–water partition coefficient (Wildman–Crippen LogP) is 2.73. The normalized spacial score (nSPS) is 26.0. The number of amides is 1. The molecule has 3 rings (SSSR count). The number of hydrogen-bond acceptors (Lipinski definition) is 4. The topological polar surface area (TPSA) is 71.7 Å². The minimum absolute atomic E-state index is 0.0144. The molecule has 2 N–H and O–H groups in total. The zero-order valence-electron chi connectivity index (χ0n) is 13.8. The number of nitrogens with one attached hydrogen (secondary N) is 1. The molecule has 0 bridgehead atoms. The molecule has 1 aromatic carbocycles. The average Bonchev–Trinajstić information content (AvgIpc) is 2.96. The van der Waals surface area contributed by atoms with Crippen LogP contribution in [0.5, 0.6) is 0 Å². The molecule has 0 radical (unpaired) electrons. The number of aliphatic hydroxyl groups is 1. The van der Waals surface area contributed by atoms with Gasteiger partial charge in [-0.2, -0.15) is 0 Å². The van der Waals surface area contributed by atoms with Gasteiger partial charge in [0.2, 0.25) is 0 Å². The van der Waals surface area contributed by atoms with Crippen LogP contribution in [0.3, 0.4) is 0 Å². The summed E-state index contributed by atoms with van der Waals surface area (Å²) in [6.45, 7) is 6.67. The molecule has 0 spiro atoms. The zero-order chi connectivity index (χ0) is 16.7. The molecule has 0 unspecified atom stereocenters. The van der Waals surface area contributed by atoms with Crippen molar-refractivity contribution in [2.75, 3.05) is 13.2 Å². The Morgan fingerprint density at radius 1 is 1.43 bits per heavy atom. The highest BCUT2D eigenvalue weighted by molar-refractivity contribution is 5.96. The van der Waals surface area contributed by atoms with Crippen molar-refractivity contribution in [3.63, 3.8) is 0 Å². The van der Waals surface area contributed by atoms with Crippen molar-refractivity contribution in [1.82, 2.24) is 5.32 Å². The fourth-order valence-electron chi connectivity index (χ4n) is 3.17. The molecule has 2 aromatic rings. The Hall–Kier alpha value is -1.85. The minimum atomic E-state index is -0.964. The van der Waals surface area contributed by atoms with Crippen LogP contribution in [-0.2, 0) is 4.74 Å². The summed E-state index contributed by atoms with van der Waals surface area (Å²) in [4.78, 5) is 12.3. The summed E-state index contributed by atoms with van der Waals surface area (Å²) in [7, 11) is 0. The third kappa shape index (κ3) is 2.64. The standard InChI is InChI=1S/C18H23NO4/c1-4-22-15-10-18(21,17(15,2)3)11-19-16(20)14-9-12-7-5-6-8-13(12)23-14/h5-9,15,21H,4,10-11H2,1-3H3,(H,19,20)/t15-,18+/m1/s1. The summed E-state index contributed by atoms with van der Waals surface area (Å²) in [5.74, 6) is -0.0569. The van der Waals surface area contributed by atoms with Crippen LogP contribution in [0.2, 0.25) is 0 Å². The molecule has 1 aliphatic rings. The van der Waals surface area contributed by atoms with Gasteiger partial charge in [0, 0.05) is 30.4 Å². The van der Waals surface area contributed by atoms with E-state index >= 15 is 0 Å². The Morgan fingerprint density at radius 2 is 2.17 bits per heavy atom. The Bertz CT molecular complexity index is 688. The zero-order valence-corrected chi connectivity index (χ0v) is 13.8. The highest BCUT2D eigenvalue weighted by Gasteiger charge is 2.59. The Morgan fingerprint density at radius 3 is 2.83 bits per heavy atom. The Kier molecular flexibility index (Phi) is 3.94. The first-order valence-corrected chi connectivity index (χ1v) is 7.98. The molecular weight excluding hydrogens is 294 g/mol. The number of furan rings is 1. The van der Waals surface area contributed by atoms with Crippen LogP contribution < -0.4 is 5.32 Å². The molecule has 1 heterocycles. The smallest absolute Gasteiger partial charge is 0.287 e. The van der Waals surface area contributed by atoms with E-state index in [0.717, 1.165) is 5.39 Å². The molecule has 1 amide bonds. The van der Waals surface area contributed by atoms with Crippen LogP contribution in [0.1, 0.15) is 37.7 Å². The molecule has 2 atom stereocenters. The highest BCUT2D eigenvalue weighted by atomic mass is 16.5. The summed E-state index contributed by atoms with van der Waals surface area (Å²) in [5, 5.41) is 14.4. The van der Waals surface area contributed by atoms with E-state index in [-0.39, 0.29) is 24.3 Å². The monoisotopic (exact) mass is 317 g/mol. The summed E-state index contributed by atoms with van der Waals surface area (Å²) < 4.78 is 11.2. The number of hydrogen-bond donors (Lipinski definition) is 2. The average molecular weight is 317 g/mol. The molecule has 5 nitrogen and oxygen atoms in total. The van der Waals surface area contributed by atoms with Crippen molar-refractivity contribution in [3.05, 3.63) is 36.1 Å². The maximum atomic E-state index is 12.3. The van der Waals surface area contributed by atoms with Crippen LogP contribution in [0.4, 0.5) is 0 Å². The quantitative estimate of drug-likeness (QED) is 0.889. The van der Waals surface area contributed by atoms with Crippen LogP contribution in [0, 0.1) is 5.41 Å². The highest BCUT2D eigenvalue weighted by Crippen LogP contribution is 2.50. The number of benzene rings is 1. The minimum Gasteiger partial charge on any atom is -0.451 e. The van der Waals surface area contributed by atoms with Gasteiger partial charge in [-0.1, -0.05) is 32.0 Å². The summed E-state index contributed by atoms with van der Waals surface area (Å²) in [6.07, 6.45) is 0.537. The molecule has 0 aliphatic heterocycles. The molecular formula is C18H23NO4. The third-order valence-corrected chi connectivity index (χ3v) is 5.09. The van der Waals surface area contributed by atoms with Crippen LogP contribution in [0.25, 0.3) is 11.0 Å². The van der Waals surface area contributed by atoms with Gasteiger partial charge in [0.15, 0.2) is 5.76 Å². The second kappa shape index (κ2) is 5.65. The molecule has 0 saturated heterocycles. The largest absolute Gasteiger partial charge is 0.451 e. The lowest BCUT2D eigenvalue weighted by atomic mass is 9.56. The fraction of sp³-hybridized carbons (Fsp3) is 0.500. The molecule has 1 aromatic heterocycles. The predicted molar refractivity (Wildman–Crippen MR) is 87.3 cm³/mol. The van der Waals surface area contributed by atoms with E-state index in [1.165, 1.54) is 0 Å². The number of carbonyl (C=O) groups is 1. The van der Waals surface area contributed by atoms with Crippen molar-refractivity contribution in [2.45, 2.75) is 38.9 Å². The van der Waals surface area contributed by atoms with E-state index in [0.29, 0.717) is 18.6 Å². The molecule has 5 heteroatoms. The lowest BCUT2D eigenvalue weighted by molar-refractivity contribution is -0.237. The van der Waals surface area contributed by atoms with Gasteiger partial charge in [-0.15, -0.1) is 0 Å². The SMILES string of the molecule is CCO[C@@H]1C[C@](O)(CNC(=O)c2cc3ccccc3o2)C1(C)C. The van der Waals surface area contributed by atoms with Gasteiger partial charge in [-0.25, -0.2) is 0 Å². The maximum Gasteiger partial charge on any atom is 0.287 e. The number of rotatable bonds is 5. The van der Waals surface area contributed by atoms with E-state index in [1.54, 1.807) is 6.07 Å². The van der Waals surface area contributed by atoms with E-state index in [9.17, 15) is 9.90 Å². The first kappa shape index (κ1) is 16.0. The van der Waals surface area contributed by atoms with Gasteiger partial charge in [0.1, 0.15) is 5.58 Å². The van der Waals surface area contributed by atoms with E-state index in [1.807, 2.05) is 45.0 Å². The first-order chi connectivity index (χ1) is 10.9. The molecule has 23 heavy (non-hydrogen) atoms. The van der Waals surface area contributed by atoms with Crippen molar-refractivity contribution < 1.29 is 19.1 Å². The van der Waals surface area contributed by atoms with Crippen molar-refractivity contribution >= 4 is 16.9 Å². The molecule has 1 fully saturated rings. The number of fused-ring (bicyclic) bond motifs is 1. The summed E-state index contributed by atoms with van der Waals surface area (Å²) >= 11 is 0. The summed E-state index contributed by atoms with van der Waals surface area (Å²) in [5.41, 5.74) is -0.685. The first-order valence-electron chi connectivity index (χ1n) is 7.98. The molecule has 1 saturated carbocycles. The molecule has 124 valence electrons. The Labute approximate surface area is 135 Å². The van der Waals surface area contributed by atoms with Crippen LogP contribution in [-0.4, -0.2) is 35.9 Å². The number of para-hydroxylation sites is 1. The van der Waals surface area contributed by atoms with Crippen LogP contribution >= 0.6 is 0 Å². The lowest BCUT2D eigenvalue weighted by Crippen LogP contribution is -2.68. The second-order valence-electron chi connectivity index (χ2n) is 6.73. The van der Waals surface area contributed by atoms with Crippen molar-refractivity contribution in [3.8, 4) is 0 Å². The van der Waals surface area contributed by atoms with E-state index in [4.69, 9.17) is 9.15 Å². The van der Waals surface area contributed by atoms with Crippen LogP contribution in [0.15, 0.2) is 34.7 Å². The third-order valence-electron chi connectivity index (χ3n) is 5.09. The van der Waals surface area contributed by atoms with Crippen molar-refractivity contribution in [2.24, 2.45) is 5.41 Å². The van der Waals surface area contributed by atoms with Crippen molar-refractivity contribution in [1.29, 1.82) is 0 Å². The molecule has 1 aliphatic carbocycles. The van der Waals surface area contributed by atoms with Gasteiger partial charge in [-0.3, -0.25) is 4.79 Å². The van der Waals surface area contributed by atoms with Gasteiger partial charge in [-0.05, 0) is 19.1 Å².